The highest BCUT2D eigenvalue weighted by Gasteiger charge is 2.53. The van der Waals surface area contributed by atoms with E-state index in [2.05, 4.69) is 26.1 Å². The highest BCUT2D eigenvalue weighted by molar-refractivity contribution is 5.04. The van der Waals surface area contributed by atoms with Crippen molar-refractivity contribution in [3.05, 3.63) is 0 Å². The van der Waals surface area contributed by atoms with Gasteiger partial charge in [-0.25, -0.2) is 0 Å². The Morgan fingerprint density at radius 2 is 2.08 bits per heavy atom. The van der Waals surface area contributed by atoms with Crippen LogP contribution in [0.4, 0.5) is 0 Å². The number of nitrogens with one attached hydrogen (secondary N) is 1. The molecule has 0 heterocycles. The summed E-state index contributed by atoms with van der Waals surface area (Å²) in [7, 11) is 0. The first-order valence-electron chi connectivity index (χ1n) is 5.92. The van der Waals surface area contributed by atoms with Gasteiger partial charge in [0.25, 0.3) is 0 Å². The Labute approximate surface area is 82.3 Å². The van der Waals surface area contributed by atoms with Crippen LogP contribution in [0.1, 0.15) is 46.5 Å². The Kier molecular flexibility index (Phi) is 2.39. The van der Waals surface area contributed by atoms with Gasteiger partial charge in [-0.15, -0.1) is 0 Å². The molecule has 2 aliphatic carbocycles. The molecule has 0 aromatic heterocycles. The van der Waals surface area contributed by atoms with Crippen LogP contribution in [0, 0.1) is 17.3 Å². The maximum Gasteiger partial charge on any atom is 0.00683 e. The summed E-state index contributed by atoms with van der Waals surface area (Å²) in [6.07, 6.45) is 5.70. The molecule has 0 amide bonds. The number of hydrogen-bond acceptors (Lipinski definition) is 1. The van der Waals surface area contributed by atoms with Crippen LogP contribution < -0.4 is 5.32 Å². The maximum absolute atomic E-state index is 3.66. The Bertz CT molecular complexity index is 184. The lowest BCUT2D eigenvalue weighted by atomic mass is 9.87. The molecule has 1 nitrogen and oxygen atoms in total. The molecule has 0 aliphatic heterocycles. The third-order valence-electron chi connectivity index (χ3n) is 4.32. The lowest BCUT2D eigenvalue weighted by Gasteiger charge is -2.19. The summed E-state index contributed by atoms with van der Waals surface area (Å²) in [6, 6.07) is 0.891. The molecule has 0 radical (unpaired) electrons. The van der Waals surface area contributed by atoms with Gasteiger partial charge in [0.2, 0.25) is 0 Å². The summed E-state index contributed by atoms with van der Waals surface area (Å²) >= 11 is 0. The van der Waals surface area contributed by atoms with Gasteiger partial charge in [-0.3, -0.25) is 0 Å². The molecule has 13 heavy (non-hydrogen) atoms. The van der Waals surface area contributed by atoms with Crippen LogP contribution in [0.2, 0.25) is 0 Å². The van der Waals surface area contributed by atoms with Gasteiger partial charge in [0, 0.05) is 6.04 Å². The van der Waals surface area contributed by atoms with Crippen molar-refractivity contribution in [2.45, 2.75) is 52.5 Å². The summed E-state index contributed by atoms with van der Waals surface area (Å²) in [5.41, 5.74) is 0.710. The second-order valence-corrected chi connectivity index (χ2v) is 5.32. The average molecular weight is 181 g/mol. The minimum absolute atomic E-state index is 0.710. The zero-order valence-electron chi connectivity index (χ0n) is 9.27. The van der Waals surface area contributed by atoms with E-state index in [0.29, 0.717) is 5.41 Å². The van der Waals surface area contributed by atoms with E-state index in [0.717, 1.165) is 17.9 Å². The molecular weight excluding hydrogens is 158 g/mol. The highest BCUT2D eigenvalue weighted by Crippen LogP contribution is 2.59. The van der Waals surface area contributed by atoms with E-state index in [1.54, 1.807) is 0 Å². The van der Waals surface area contributed by atoms with Gasteiger partial charge in [0.05, 0.1) is 0 Å². The van der Waals surface area contributed by atoms with Gasteiger partial charge >= 0.3 is 0 Å². The Hall–Kier alpha value is -0.0400. The number of hydrogen-bond donors (Lipinski definition) is 1. The minimum Gasteiger partial charge on any atom is -0.314 e. The smallest absolute Gasteiger partial charge is 0.00683 e. The summed E-state index contributed by atoms with van der Waals surface area (Å²) in [5, 5.41) is 3.66. The molecule has 2 saturated carbocycles. The summed E-state index contributed by atoms with van der Waals surface area (Å²) in [6.45, 7) is 8.43. The molecule has 2 atom stereocenters. The standard InChI is InChI=1S/C12H23N/c1-4-12(9(2)3)7-10(12)8-13-11-5-6-11/h9-11,13H,4-8H2,1-3H3. The van der Waals surface area contributed by atoms with Gasteiger partial charge in [0.1, 0.15) is 0 Å². The topological polar surface area (TPSA) is 12.0 Å². The predicted octanol–water partition coefficient (Wildman–Crippen LogP) is 2.81. The van der Waals surface area contributed by atoms with Gasteiger partial charge in [0.15, 0.2) is 0 Å². The highest BCUT2D eigenvalue weighted by atomic mass is 15.0. The van der Waals surface area contributed by atoms with Gasteiger partial charge in [-0.05, 0) is 49.5 Å². The van der Waals surface area contributed by atoms with Crippen LogP contribution in [0.25, 0.3) is 0 Å². The summed E-state index contributed by atoms with van der Waals surface area (Å²) < 4.78 is 0. The van der Waals surface area contributed by atoms with E-state index in [1.165, 1.54) is 32.2 Å². The summed E-state index contributed by atoms with van der Waals surface area (Å²) in [4.78, 5) is 0. The lowest BCUT2D eigenvalue weighted by Crippen LogP contribution is -2.23. The molecule has 2 aliphatic rings. The largest absolute Gasteiger partial charge is 0.314 e. The van der Waals surface area contributed by atoms with E-state index < -0.39 is 0 Å². The van der Waals surface area contributed by atoms with Crippen LogP contribution in [0.15, 0.2) is 0 Å². The van der Waals surface area contributed by atoms with E-state index in [-0.39, 0.29) is 0 Å². The Morgan fingerprint density at radius 3 is 2.46 bits per heavy atom. The first-order chi connectivity index (χ1) is 6.19. The first kappa shape index (κ1) is 9.51. The quantitative estimate of drug-likeness (QED) is 0.687. The Morgan fingerprint density at radius 1 is 1.38 bits per heavy atom. The molecule has 2 unspecified atom stereocenters. The van der Waals surface area contributed by atoms with Crippen molar-refractivity contribution in [2.75, 3.05) is 6.54 Å². The molecule has 0 bridgehead atoms. The van der Waals surface area contributed by atoms with Crippen molar-refractivity contribution in [3.63, 3.8) is 0 Å². The fourth-order valence-corrected chi connectivity index (χ4v) is 2.82. The normalized spacial score (nSPS) is 38.3. The second kappa shape index (κ2) is 3.27. The van der Waals surface area contributed by atoms with Crippen molar-refractivity contribution in [1.82, 2.24) is 5.32 Å². The SMILES string of the molecule is CCC1(C(C)C)CC1CNC1CC1. The van der Waals surface area contributed by atoms with E-state index >= 15 is 0 Å². The molecule has 1 N–H and O–H groups in total. The zero-order valence-corrected chi connectivity index (χ0v) is 9.27. The molecule has 0 aromatic rings. The minimum atomic E-state index is 0.710. The maximum atomic E-state index is 3.66. The predicted molar refractivity (Wildman–Crippen MR) is 56.7 cm³/mol. The van der Waals surface area contributed by atoms with E-state index in [1.807, 2.05) is 0 Å². The van der Waals surface area contributed by atoms with Crippen molar-refractivity contribution >= 4 is 0 Å². The molecule has 76 valence electrons. The van der Waals surface area contributed by atoms with Crippen LogP contribution in [0.3, 0.4) is 0 Å². The van der Waals surface area contributed by atoms with Crippen LogP contribution in [0.5, 0.6) is 0 Å². The third kappa shape index (κ3) is 1.76. The third-order valence-corrected chi connectivity index (χ3v) is 4.32. The van der Waals surface area contributed by atoms with Crippen molar-refractivity contribution in [2.24, 2.45) is 17.3 Å². The zero-order chi connectivity index (χ0) is 9.47. The molecule has 0 spiro atoms. The fourth-order valence-electron chi connectivity index (χ4n) is 2.82. The molecule has 2 rings (SSSR count). The van der Waals surface area contributed by atoms with Crippen LogP contribution in [-0.2, 0) is 0 Å². The molecule has 0 saturated heterocycles. The van der Waals surface area contributed by atoms with Crippen molar-refractivity contribution < 1.29 is 0 Å². The molecule has 0 aromatic carbocycles. The number of rotatable bonds is 5. The molecule has 2 fully saturated rings. The van der Waals surface area contributed by atoms with E-state index in [4.69, 9.17) is 0 Å². The van der Waals surface area contributed by atoms with Gasteiger partial charge < -0.3 is 5.32 Å². The van der Waals surface area contributed by atoms with Crippen molar-refractivity contribution in [1.29, 1.82) is 0 Å². The monoisotopic (exact) mass is 181 g/mol. The lowest BCUT2D eigenvalue weighted by molar-refractivity contribution is 0.307. The van der Waals surface area contributed by atoms with E-state index in [9.17, 15) is 0 Å². The second-order valence-electron chi connectivity index (χ2n) is 5.32. The van der Waals surface area contributed by atoms with Crippen molar-refractivity contribution in [3.8, 4) is 0 Å². The fraction of sp³-hybridized carbons (Fsp3) is 1.00. The molecule has 1 heteroatoms. The summed E-state index contributed by atoms with van der Waals surface area (Å²) in [5.74, 6) is 1.86. The van der Waals surface area contributed by atoms with Gasteiger partial charge in [-0.2, -0.15) is 0 Å². The average Bonchev–Trinajstić information content (AvgIpc) is 2.98. The van der Waals surface area contributed by atoms with Gasteiger partial charge in [-0.1, -0.05) is 20.8 Å². The van der Waals surface area contributed by atoms with Crippen LogP contribution in [-0.4, -0.2) is 12.6 Å². The first-order valence-corrected chi connectivity index (χ1v) is 5.92. The molecular formula is C12H23N. The Balaban J connectivity index is 1.76. The van der Waals surface area contributed by atoms with Crippen LogP contribution >= 0.6 is 0 Å².